The highest BCUT2D eigenvalue weighted by Gasteiger charge is 2.15. The number of nitriles is 1. The molecule has 0 bridgehead atoms. The Labute approximate surface area is 205 Å². The predicted molar refractivity (Wildman–Crippen MR) is 135 cm³/mol. The van der Waals surface area contributed by atoms with Gasteiger partial charge >= 0.3 is 0 Å². The maximum absolute atomic E-state index is 12.7. The van der Waals surface area contributed by atoms with Crippen molar-refractivity contribution < 1.29 is 19.1 Å². The monoisotopic (exact) mass is 469 g/mol. The highest BCUT2D eigenvalue weighted by Crippen LogP contribution is 2.29. The minimum atomic E-state index is -0.472. The summed E-state index contributed by atoms with van der Waals surface area (Å²) in [5.41, 5.74) is 2.17. The highest BCUT2D eigenvalue weighted by atomic mass is 16.5. The quantitative estimate of drug-likeness (QED) is 0.325. The number of nitrogens with zero attached hydrogens (tertiary/aromatic N) is 1. The summed E-state index contributed by atoms with van der Waals surface area (Å²) in [6, 6.07) is 25.3. The second kappa shape index (κ2) is 12.6. The maximum Gasteiger partial charge on any atom is 0.262 e. The largest absolute Gasteiger partial charge is 0.490 e. The van der Waals surface area contributed by atoms with Gasteiger partial charge in [-0.2, -0.15) is 5.26 Å². The molecule has 0 aliphatic heterocycles. The predicted octanol–water partition coefficient (Wildman–Crippen LogP) is 4.89. The van der Waals surface area contributed by atoms with Crippen LogP contribution in [0.3, 0.4) is 0 Å². The van der Waals surface area contributed by atoms with E-state index in [2.05, 4.69) is 10.6 Å². The molecule has 0 radical (unpaired) electrons. The third-order valence-corrected chi connectivity index (χ3v) is 5.01. The molecule has 0 aromatic heterocycles. The summed E-state index contributed by atoms with van der Waals surface area (Å²) in [7, 11) is 0. The maximum atomic E-state index is 12.7. The summed E-state index contributed by atoms with van der Waals surface area (Å²) >= 11 is 0. The van der Waals surface area contributed by atoms with Gasteiger partial charge in [-0.05, 0) is 55.3 Å². The van der Waals surface area contributed by atoms with Crippen LogP contribution in [-0.2, 0) is 9.59 Å². The number of hydrogen-bond acceptors (Lipinski definition) is 5. The Bertz CT molecular complexity index is 1220. The zero-order valence-corrected chi connectivity index (χ0v) is 19.7. The SMILES string of the molecule is CCOc1cc(/C=C(\C#N)C(=O)N[C@H](C)c2ccccc2)ccc1OCC(=O)Nc1ccccc1. The molecule has 7 heteroatoms. The van der Waals surface area contributed by atoms with Gasteiger partial charge in [-0.25, -0.2) is 0 Å². The average molecular weight is 470 g/mol. The van der Waals surface area contributed by atoms with Gasteiger partial charge in [0.2, 0.25) is 0 Å². The van der Waals surface area contributed by atoms with Crippen LogP contribution in [0.4, 0.5) is 5.69 Å². The van der Waals surface area contributed by atoms with Gasteiger partial charge in [-0.3, -0.25) is 9.59 Å². The van der Waals surface area contributed by atoms with Crippen LogP contribution in [-0.4, -0.2) is 25.0 Å². The topological polar surface area (TPSA) is 100 Å². The molecule has 0 fully saturated rings. The number of nitrogens with one attached hydrogen (secondary N) is 2. The van der Waals surface area contributed by atoms with E-state index in [0.29, 0.717) is 29.4 Å². The average Bonchev–Trinajstić information content (AvgIpc) is 2.88. The molecule has 2 N–H and O–H groups in total. The standard InChI is InChI=1S/C28H27N3O4/c1-3-34-26-17-21(14-15-25(26)35-19-27(32)31-24-12-8-5-9-13-24)16-23(18-29)28(33)30-20(2)22-10-6-4-7-11-22/h4-17,20H,3,19H2,1-2H3,(H,30,33)(H,31,32)/b23-16+/t20-/m1/s1. The summed E-state index contributed by atoms with van der Waals surface area (Å²) in [5, 5.41) is 15.2. The van der Waals surface area contributed by atoms with Crippen LogP contribution < -0.4 is 20.1 Å². The number of anilines is 1. The van der Waals surface area contributed by atoms with Gasteiger partial charge in [0.05, 0.1) is 12.6 Å². The second-order valence-corrected chi connectivity index (χ2v) is 7.62. The smallest absolute Gasteiger partial charge is 0.262 e. The number of carbonyl (C=O) groups is 2. The Balaban J connectivity index is 1.69. The molecule has 3 aromatic rings. The number of para-hydroxylation sites is 1. The summed E-state index contributed by atoms with van der Waals surface area (Å²) < 4.78 is 11.3. The van der Waals surface area contributed by atoms with Crippen molar-refractivity contribution in [1.82, 2.24) is 5.32 Å². The van der Waals surface area contributed by atoms with Crippen molar-refractivity contribution in [2.75, 3.05) is 18.5 Å². The van der Waals surface area contributed by atoms with E-state index >= 15 is 0 Å². The Kier molecular flexibility index (Phi) is 9.03. The van der Waals surface area contributed by atoms with Gasteiger partial charge in [0.15, 0.2) is 18.1 Å². The first-order valence-electron chi connectivity index (χ1n) is 11.2. The van der Waals surface area contributed by atoms with E-state index in [9.17, 15) is 14.9 Å². The number of hydrogen-bond donors (Lipinski definition) is 2. The van der Waals surface area contributed by atoms with E-state index in [1.54, 1.807) is 30.3 Å². The van der Waals surface area contributed by atoms with Gasteiger partial charge in [0, 0.05) is 5.69 Å². The number of amides is 2. The second-order valence-electron chi connectivity index (χ2n) is 7.62. The highest BCUT2D eigenvalue weighted by molar-refractivity contribution is 6.02. The number of benzene rings is 3. The van der Waals surface area contributed by atoms with Crippen molar-refractivity contribution in [3.8, 4) is 17.6 Å². The zero-order chi connectivity index (χ0) is 25.0. The van der Waals surface area contributed by atoms with Crippen LogP contribution in [0.2, 0.25) is 0 Å². The summed E-state index contributed by atoms with van der Waals surface area (Å²) in [5.74, 6) is 0.00954. The Morgan fingerprint density at radius 2 is 1.66 bits per heavy atom. The van der Waals surface area contributed by atoms with E-state index in [4.69, 9.17) is 9.47 Å². The number of carbonyl (C=O) groups excluding carboxylic acids is 2. The molecule has 7 nitrogen and oxygen atoms in total. The molecular formula is C28H27N3O4. The summed E-state index contributed by atoms with van der Waals surface area (Å²) in [6.45, 7) is 3.86. The molecule has 0 unspecified atom stereocenters. The molecule has 35 heavy (non-hydrogen) atoms. The van der Waals surface area contributed by atoms with E-state index in [0.717, 1.165) is 5.56 Å². The van der Waals surface area contributed by atoms with E-state index in [1.807, 2.05) is 68.4 Å². The first-order valence-corrected chi connectivity index (χ1v) is 11.2. The third kappa shape index (κ3) is 7.47. The minimum Gasteiger partial charge on any atom is -0.490 e. The van der Waals surface area contributed by atoms with Gasteiger partial charge < -0.3 is 20.1 Å². The molecule has 2 amide bonds. The van der Waals surface area contributed by atoms with Gasteiger partial charge in [0.1, 0.15) is 11.6 Å². The summed E-state index contributed by atoms with van der Waals surface area (Å²) in [6.07, 6.45) is 1.49. The van der Waals surface area contributed by atoms with E-state index in [1.165, 1.54) is 6.08 Å². The van der Waals surface area contributed by atoms with E-state index < -0.39 is 5.91 Å². The lowest BCUT2D eigenvalue weighted by Gasteiger charge is -2.14. The van der Waals surface area contributed by atoms with Crippen molar-refractivity contribution in [1.29, 1.82) is 5.26 Å². The van der Waals surface area contributed by atoms with Crippen molar-refractivity contribution >= 4 is 23.6 Å². The van der Waals surface area contributed by atoms with Gasteiger partial charge in [-0.15, -0.1) is 0 Å². The molecule has 0 aliphatic carbocycles. The third-order valence-electron chi connectivity index (χ3n) is 5.01. The molecule has 0 saturated heterocycles. The molecule has 0 aliphatic rings. The Morgan fingerprint density at radius 1 is 0.971 bits per heavy atom. The first-order chi connectivity index (χ1) is 17.0. The lowest BCUT2D eigenvalue weighted by atomic mass is 10.1. The van der Waals surface area contributed by atoms with Gasteiger partial charge in [0.25, 0.3) is 11.8 Å². The molecule has 0 spiro atoms. The molecular weight excluding hydrogens is 442 g/mol. The fourth-order valence-electron chi connectivity index (χ4n) is 3.28. The van der Waals surface area contributed by atoms with Gasteiger partial charge in [-0.1, -0.05) is 54.6 Å². The minimum absolute atomic E-state index is 0.0360. The van der Waals surface area contributed by atoms with Crippen molar-refractivity contribution in [3.63, 3.8) is 0 Å². The number of rotatable bonds is 10. The number of ether oxygens (including phenoxy) is 2. The molecule has 0 heterocycles. The molecule has 3 rings (SSSR count). The van der Waals surface area contributed by atoms with Crippen LogP contribution in [0.1, 0.15) is 31.0 Å². The summed E-state index contributed by atoms with van der Waals surface area (Å²) in [4.78, 5) is 24.9. The van der Waals surface area contributed by atoms with Crippen LogP contribution >= 0.6 is 0 Å². The van der Waals surface area contributed by atoms with Crippen molar-refractivity contribution in [2.45, 2.75) is 19.9 Å². The van der Waals surface area contributed by atoms with Crippen LogP contribution in [0.5, 0.6) is 11.5 Å². The fourth-order valence-corrected chi connectivity index (χ4v) is 3.28. The lowest BCUT2D eigenvalue weighted by molar-refractivity contribution is -0.118. The van der Waals surface area contributed by atoms with Crippen molar-refractivity contribution in [3.05, 3.63) is 95.6 Å². The normalized spacial score (nSPS) is 11.6. The van der Waals surface area contributed by atoms with Crippen molar-refractivity contribution in [2.24, 2.45) is 0 Å². The fraction of sp³-hybridized carbons (Fsp3) is 0.179. The molecule has 178 valence electrons. The van der Waals surface area contributed by atoms with Crippen LogP contribution in [0.15, 0.2) is 84.4 Å². The van der Waals surface area contributed by atoms with Crippen LogP contribution in [0, 0.1) is 11.3 Å². The first kappa shape index (κ1) is 25.1. The Hall–Kier alpha value is -4.57. The van der Waals surface area contributed by atoms with Crippen LogP contribution in [0.25, 0.3) is 6.08 Å². The van der Waals surface area contributed by atoms with E-state index in [-0.39, 0.29) is 24.1 Å². The lowest BCUT2D eigenvalue weighted by Crippen LogP contribution is -2.27. The zero-order valence-electron chi connectivity index (χ0n) is 19.7. The molecule has 1 atom stereocenters. The molecule has 3 aromatic carbocycles. The molecule has 0 saturated carbocycles. The Morgan fingerprint density at radius 3 is 2.31 bits per heavy atom.